The quantitative estimate of drug-likeness (QED) is 0.844. The third-order valence-corrected chi connectivity index (χ3v) is 3.47. The third kappa shape index (κ3) is 2.66. The predicted molar refractivity (Wildman–Crippen MR) is 73.0 cm³/mol. The molecule has 4 heteroatoms. The summed E-state index contributed by atoms with van der Waals surface area (Å²) in [4.78, 5) is 2.36. The van der Waals surface area contributed by atoms with Crippen molar-refractivity contribution in [1.29, 1.82) is 0 Å². The van der Waals surface area contributed by atoms with Gasteiger partial charge in [-0.3, -0.25) is 0 Å². The molecule has 4 nitrogen and oxygen atoms in total. The fourth-order valence-corrected chi connectivity index (χ4v) is 2.59. The van der Waals surface area contributed by atoms with E-state index in [0.29, 0.717) is 0 Å². The molecule has 1 aromatic carbocycles. The van der Waals surface area contributed by atoms with E-state index in [0.717, 1.165) is 31.9 Å². The molecule has 0 aliphatic carbocycles. The number of rotatable bonds is 3. The number of ether oxygens (including phenoxy) is 1. The van der Waals surface area contributed by atoms with Gasteiger partial charge in [-0.2, -0.15) is 0 Å². The summed E-state index contributed by atoms with van der Waals surface area (Å²) >= 11 is 0. The van der Waals surface area contributed by atoms with Gasteiger partial charge in [-0.15, -0.1) is 0 Å². The Bertz CT molecular complexity index is 391. The smallest absolute Gasteiger partial charge is 0.0642 e. The highest BCUT2D eigenvalue weighted by molar-refractivity contribution is 5.60. The first-order valence-corrected chi connectivity index (χ1v) is 6.43. The van der Waals surface area contributed by atoms with E-state index >= 15 is 0 Å². The second kappa shape index (κ2) is 5.69. The van der Waals surface area contributed by atoms with Gasteiger partial charge in [-0.25, -0.2) is 0 Å². The molecule has 0 unspecified atom stereocenters. The number of morpholine rings is 1. The first kappa shape index (κ1) is 13.3. The summed E-state index contributed by atoms with van der Waals surface area (Å²) in [6.07, 6.45) is 0. The van der Waals surface area contributed by atoms with Crippen LogP contribution in [0.4, 0.5) is 5.69 Å². The highest BCUT2D eigenvalue weighted by Crippen LogP contribution is 2.28. The van der Waals surface area contributed by atoms with Crippen LogP contribution >= 0.6 is 0 Å². The molecule has 0 spiro atoms. The fraction of sp³-hybridized carbons (Fsp3) is 0.571. The van der Waals surface area contributed by atoms with Crippen LogP contribution in [0.3, 0.4) is 0 Å². The SMILES string of the molecule is Cc1cc([C@H](N)CO)cc(C)c1N1CCOCC1. The average Bonchev–Trinajstić information content (AvgIpc) is 2.38. The Hall–Kier alpha value is -1.10. The molecule has 1 heterocycles. The normalized spacial score (nSPS) is 17.9. The van der Waals surface area contributed by atoms with Gasteiger partial charge in [-0.05, 0) is 30.5 Å². The zero-order chi connectivity index (χ0) is 13.1. The van der Waals surface area contributed by atoms with Crippen LogP contribution in [0.2, 0.25) is 0 Å². The number of benzene rings is 1. The number of nitrogens with zero attached hydrogens (tertiary/aromatic N) is 1. The summed E-state index contributed by atoms with van der Waals surface area (Å²) in [6.45, 7) is 7.64. The highest BCUT2D eigenvalue weighted by atomic mass is 16.5. The summed E-state index contributed by atoms with van der Waals surface area (Å²) in [7, 11) is 0. The Morgan fingerprint density at radius 1 is 1.28 bits per heavy atom. The Balaban J connectivity index is 2.31. The van der Waals surface area contributed by atoms with E-state index in [-0.39, 0.29) is 12.6 Å². The molecule has 0 saturated carbocycles. The lowest BCUT2D eigenvalue weighted by molar-refractivity contribution is 0.122. The number of nitrogens with two attached hydrogens (primary N) is 1. The molecule has 100 valence electrons. The Kier molecular flexibility index (Phi) is 4.22. The van der Waals surface area contributed by atoms with E-state index in [1.54, 1.807) is 0 Å². The van der Waals surface area contributed by atoms with Crippen LogP contribution in [0, 0.1) is 13.8 Å². The molecule has 1 aromatic rings. The van der Waals surface area contributed by atoms with E-state index in [2.05, 4.69) is 30.9 Å². The molecule has 0 bridgehead atoms. The molecular weight excluding hydrogens is 228 g/mol. The number of aliphatic hydroxyl groups is 1. The summed E-state index contributed by atoms with van der Waals surface area (Å²) in [5, 5.41) is 9.14. The lowest BCUT2D eigenvalue weighted by Crippen LogP contribution is -2.37. The maximum atomic E-state index is 9.14. The molecule has 1 aliphatic rings. The third-order valence-electron chi connectivity index (χ3n) is 3.47. The van der Waals surface area contributed by atoms with Crippen LogP contribution in [0.25, 0.3) is 0 Å². The van der Waals surface area contributed by atoms with Gasteiger partial charge in [0.1, 0.15) is 0 Å². The minimum atomic E-state index is -0.291. The van der Waals surface area contributed by atoms with Gasteiger partial charge < -0.3 is 20.5 Å². The van der Waals surface area contributed by atoms with Gasteiger partial charge >= 0.3 is 0 Å². The van der Waals surface area contributed by atoms with Crippen LogP contribution in [-0.4, -0.2) is 38.0 Å². The lowest BCUT2D eigenvalue weighted by atomic mass is 9.99. The van der Waals surface area contributed by atoms with E-state index in [1.165, 1.54) is 16.8 Å². The van der Waals surface area contributed by atoms with Crippen LogP contribution in [0.5, 0.6) is 0 Å². The van der Waals surface area contributed by atoms with Crippen LogP contribution in [0.15, 0.2) is 12.1 Å². The van der Waals surface area contributed by atoms with E-state index in [1.807, 2.05) is 0 Å². The van der Waals surface area contributed by atoms with Gasteiger partial charge in [0.15, 0.2) is 0 Å². The average molecular weight is 250 g/mol. The van der Waals surface area contributed by atoms with Crippen molar-refractivity contribution in [2.24, 2.45) is 5.73 Å². The fourth-order valence-electron chi connectivity index (χ4n) is 2.59. The van der Waals surface area contributed by atoms with Crippen molar-refractivity contribution in [2.45, 2.75) is 19.9 Å². The van der Waals surface area contributed by atoms with Gasteiger partial charge in [0, 0.05) is 18.8 Å². The molecule has 3 N–H and O–H groups in total. The largest absolute Gasteiger partial charge is 0.394 e. The standard InChI is InChI=1S/C14H22N2O2/c1-10-7-12(13(15)9-17)8-11(2)14(10)16-3-5-18-6-4-16/h7-8,13,17H,3-6,9,15H2,1-2H3/t13-/m1/s1. The van der Waals surface area contributed by atoms with Crippen molar-refractivity contribution >= 4 is 5.69 Å². The number of anilines is 1. The monoisotopic (exact) mass is 250 g/mol. The number of aliphatic hydroxyl groups excluding tert-OH is 1. The molecule has 0 radical (unpaired) electrons. The van der Waals surface area contributed by atoms with Crippen molar-refractivity contribution in [3.8, 4) is 0 Å². The summed E-state index contributed by atoms with van der Waals surface area (Å²) in [6, 6.07) is 3.87. The highest BCUT2D eigenvalue weighted by Gasteiger charge is 2.17. The zero-order valence-corrected chi connectivity index (χ0v) is 11.1. The van der Waals surface area contributed by atoms with E-state index in [9.17, 15) is 0 Å². The van der Waals surface area contributed by atoms with Gasteiger partial charge in [0.05, 0.1) is 25.9 Å². The maximum Gasteiger partial charge on any atom is 0.0642 e. The van der Waals surface area contributed by atoms with Gasteiger partial charge in [-0.1, -0.05) is 12.1 Å². The van der Waals surface area contributed by atoms with Gasteiger partial charge in [0.2, 0.25) is 0 Å². The molecule has 1 atom stereocenters. The molecule has 18 heavy (non-hydrogen) atoms. The van der Waals surface area contributed by atoms with Crippen molar-refractivity contribution in [1.82, 2.24) is 0 Å². The number of hydrogen-bond acceptors (Lipinski definition) is 4. The Morgan fingerprint density at radius 2 is 1.83 bits per heavy atom. The Labute approximate surface area is 108 Å². The number of hydrogen-bond donors (Lipinski definition) is 2. The van der Waals surface area contributed by atoms with E-state index in [4.69, 9.17) is 15.6 Å². The van der Waals surface area contributed by atoms with Crippen molar-refractivity contribution in [3.63, 3.8) is 0 Å². The minimum absolute atomic E-state index is 0.0181. The number of aryl methyl sites for hydroxylation is 2. The molecule has 1 aliphatic heterocycles. The molecule has 1 saturated heterocycles. The van der Waals surface area contributed by atoms with Crippen molar-refractivity contribution in [2.75, 3.05) is 37.8 Å². The molecule has 1 fully saturated rings. The lowest BCUT2D eigenvalue weighted by Gasteiger charge is -2.32. The van der Waals surface area contributed by atoms with Gasteiger partial charge in [0.25, 0.3) is 0 Å². The molecule has 0 aromatic heterocycles. The molecular formula is C14H22N2O2. The topological polar surface area (TPSA) is 58.7 Å². The summed E-state index contributed by atoms with van der Waals surface area (Å²) in [5.41, 5.74) is 10.6. The van der Waals surface area contributed by atoms with E-state index < -0.39 is 0 Å². The minimum Gasteiger partial charge on any atom is -0.394 e. The van der Waals surface area contributed by atoms with Crippen LogP contribution in [-0.2, 0) is 4.74 Å². The first-order valence-electron chi connectivity index (χ1n) is 6.43. The van der Waals surface area contributed by atoms with Crippen molar-refractivity contribution in [3.05, 3.63) is 28.8 Å². The predicted octanol–water partition coefficient (Wildman–Crippen LogP) is 1.13. The summed E-state index contributed by atoms with van der Waals surface area (Å²) in [5.74, 6) is 0. The second-order valence-corrected chi connectivity index (χ2v) is 4.89. The zero-order valence-electron chi connectivity index (χ0n) is 11.1. The van der Waals surface area contributed by atoms with Crippen LogP contribution in [0.1, 0.15) is 22.7 Å². The molecule has 2 rings (SSSR count). The Morgan fingerprint density at radius 3 is 2.33 bits per heavy atom. The maximum absolute atomic E-state index is 9.14. The van der Waals surface area contributed by atoms with Crippen LogP contribution < -0.4 is 10.6 Å². The second-order valence-electron chi connectivity index (χ2n) is 4.89. The first-order chi connectivity index (χ1) is 8.63. The molecule has 0 amide bonds. The summed E-state index contributed by atoms with van der Waals surface area (Å²) < 4.78 is 5.39. The van der Waals surface area contributed by atoms with Crippen molar-refractivity contribution < 1.29 is 9.84 Å².